The average Bonchev–Trinajstić information content (AvgIpc) is 2.36. The van der Waals surface area contributed by atoms with Crippen LogP contribution in [0.2, 0.25) is 0 Å². The quantitative estimate of drug-likeness (QED) is 0.591. The highest BCUT2D eigenvalue weighted by atomic mass is 16.5. The van der Waals surface area contributed by atoms with Crippen molar-refractivity contribution in [3.8, 4) is 0 Å². The summed E-state index contributed by atoms with van der Waals surface area (Å²) in [5, 5.41) is 2.60. The van der Waals surface area contributed by atoms with Crippen molar-refractivity contribution in [3.63, 3.8) is 0 Å². The zero-order valence-corrected chi connectivity index (χ0v) is 10.1. The predicted molar refractivity (Wildman–Crippen MR) is 66.9 cm³/mol. The fourth-order valence-electron chi connectivity index (χ4n) is 1.88. The number of carbonyl (C=O) groups is 1. The van der Waals surface area contributed by atoms with Crippen molar-refractivity contribution in [1.82, 2.24) is 15.3 Å². The number of morpholine rings is 1. The van der Waals surface area contributed by atoms with Crippen molar-refractivity contribution < 1.29 is 9.53 Å². The van der Waals surface area contributed by atoms with Gasteiger partial charge in [-0.2, -0.15) is 9.97 Å². The normalized spacial score (nSPS) is 19.6. The Morgan fingerprint density at radius 1 is 1.56 bits per heavy atom. The molecule has 8 nitrogen and oxygen atoms in total. The Labute approximate surface area is 104 Å². The second kappa shape index (κ2) is 5.05. The molecule has 5 N–H and O–H groups in total. The highest BCUT2D eigenvalue weighted by Gasteiger charge is 2.30. The maximum Gasteiger partial charge on any atom is 0.244 e. The molecule has 0 spiro atoms. The number of anilines is 3. The van der Waals surface area contributed by atoms with Gasteiger partial charge in [0, 0.05) is 19.7 Å². The van der Waals surface area contributed by atoms with E-state index in [0.717, 1.165) is 0 Å². The van der Waals surface area contributed by atoms with E-state index < -0.39 is 6.04 Å². The monoisotopic (exact) mass is 252 g/mol. The van der Waals surface area contributed by atoms with Gasteiger partial charge in [0.1, 0.15) is 17.7 Å². The number of likely N-dealkylation sites (N-methyl/N-ethyl adjacent to an activating group) is 1. The Bertz CT molecular complexity index is 432. The molecule has 1 saturated heterocycles. The molecule has 18 heavy (non-hydrogen) atoms. The first-order valence-electron chi connectivity index (χ1n) is 5.58. The minimum absolute atomic E-state index is 0.0900. The first-order chi connectivity index (χ1) is 8.61. The van der Waals surface area contributed by atoms with Gasteiger partial charge in [0.25, 0.3) is 0 Å². The lowest BCUT2D eigenvalue weighted by molar-refractivity contribution is -0.124. The second-order valence-electron chi connectivity index (χ2n) is 3.91. The first-order valence-corrected chi connectivity index (χ1v) is 5.58. The summed E-state index contributed by atoms with van der Waals surface area (Å²) in [6.07, 6.45) is 0. The molecule has 2 heterocycles. The molecule has 0 saturated carbocycles. The molecule has 0 aromatic carbocycles. The maximum absolute atomic E-state index is 11.8. The van der Waals surface area contributed by atoms with E-state index in [1.165, 1.54) is 0 Å². The third kappa shape index (κ3) is 2.43. The number of nitrogens with one attached hydrogen (secondary N) is 1. The number of nitrogen functional groups attached to an aromatic ring is 2. The van der Waals surface area contributed by atoms with E-state index in [4.69, 9.17) is 16.2 Å². The fraction of sp³-hybridized carbons (Fsp3) is 0.500. The minimum Gasteiger partial charge on any atom is -0.383 e. The Hall–Kier alpha value is -2.09. The summed E-state index contributed by atoms with van der Waals surface area (Å²) < 4.78 is 5.31. The highest BCUT2D eigenvalue weighted by molar-refractivity contribution is 5.85. The maximum atomic E-state index is 11.8. The Morgan fingerprint density at radius 2 is 2.33 bits per heavy atom. The van der Waals surface area contributed by atoms with E-state index in [0.29, 0.717) is 25.6 Å². The van der Waals surface area contributed by atoms with E-state index in [2.05, 4.69) is 15.3 Å². The standard InChI is InChI=1S/C10H16N6O2/c1-13-9(17)6-5-18-3-2-16(6)8-4-7(11)14-10(12)15-8/h4,6H,2-3,5H2,1H3,(H,13,17)(H4,11,12,14,15). The van der Waals surface area contributed by atoms with Gasteiger partial charge in [-0.25, -0.2) is 0 Å². The summed E-state index contributed by atoms with van der Waals surface area (Å²) >= 11 is 0. The van der Waals surface area contributed by atoms with Crippen LogP contribution in [0.3, 0.4) is 0 Å². The van der Waals surface area contributed by atoms with Crippen LogP contribution in [0.15, 0.2) is 6.07 Å². The van der Waals surface area contributed by atoms with Crippen molar-refractivity contribution in [2.75, 3.05) is 43.2 Å². The number of nitrogens with two attached hydrogens (primary N) is 2. The largest absolute Gasteiger partial charge is 0.383 e. The van der Waals surface area contributed by atoms with Crippen molar-refractivity contribution in [2.45, 2.75) is 6.04 Å². The number of rotatable bonds is 2. The summed E-state index contributed by atoms with van der Waals surface area (Å²) in [7, 11) is 1.58. The Kier molecular flexibility index (Phi) is 3.47. The molecule has 98 valence electrons. The van der Waals surface area contributed by atoms with Crippen LogP contribution in [0.5, 0.6) is 0 Å². The predicted octanol–water partition coefficient (Wildman–Crippen LogP) is -1.41. The minimum atomic E-state index is -0.433. The van der Waals surface area contributed by atoms with E-state index in [9.17, 15) is 4.79 Å². The molecular weight excluding hydrogens is 236 g/mol. The third-order valence-electron chi connectivity index (χ3n) is 2.72. The summed E-state index contributed by atoms with van der Waals surface area (Å²) in [6, 6.07) is 1.16. The smallest absolute Gasteiger partial charge is 0.244 e. The van der Waals surface area contributed by atoms with Crippen LogP contribution in [0.1, 0.15) is 0 Å². The van der Waals surface area contributed by atoms with Crippen molar-refractivity contribution in [1.29, 1.82) is 0 Å². The van der Waals surface area contributed by atoms with Gasteiger partial charge in [-0.1, -0.05) is 0 Å². The number of ether oxygens (including phenoxy) is 1. The van der Waals surface area contributed by atoms with Gasteiger partial charge in [-0.05, 0) is 0 Å². The molecule has 1 aromatic heterocycles. The lowest BCUT2D eigenvalue weighted by Crippen LogP contribution is -2.53. The van der Waals surface area contributed by atoms with Crippen LogP contribution >= 0.6 is 0 Å². The number of nitrogens with zero attached hydrogens (tertiary/aromatic N) is 3. The number of hydrogen-bond acceptors (Lipinski definition) is 7. The average molecular weight is 252 g/mol. The number of aromatic nitrogens is 2. The highest BCUT2D eigenvalue weighted by Crippen LogP contribution is 2.20. The van der Waals surface area contributed by atoms with Gasteiger partial charge in [0.2, 0.25) is 11.9 Å². The Morgan fingerprint density at radius 3 is 3.00 bits per heavy atom. The van der Waals surface area contributed by atoms with Gasteiger partial charge < -0.3 is 26.4 Å². The van der Waals surface area contributed by atoms with Crippen LogP contribution in [-0.2, 0) is 9.53 Å². The zero-order chi connectivity index (χ0) is 13.1. The van der Waals surface area contributed by atoms with Gasteiger partial charge >= 0.3 is 0 Å². The molecule has 1 fully saturated rings. The van der Waals surface area contributed by atoms with Crippen LogP contribution in [0.25, 0.3) is 0 Å². The molecule has 1 unspecified atom stereocenters. The van der Waals surface area contributed by atoms with Crippen LogP contribution in [0, 0.1) is 0 Å². The summed E-state index contributed by atoms with van der Waals surface area (Å²) in [4.78, 5) is 21.5. The van der Waals surface area contributed by atoms with Crippen molar-refractivity contribution in [3.05, 3.63) is 6.07 Å². The van der Waals surface area contributed by atoms with Gasteiger partial charge in [-0.15, -0.1) is 0 Å². The van der Waals surface area contributed by atoms with E-state index >= 15 is 0 Å². The number of amides is 1. The molecule has 2 rings (SSSR count). The molecule has 0 bridgehead atoms. The lowest BCUT2D eigenvalue weighted by atomic mass is 10.2. The van der Waals surface area contributed by atoms with Crippen LogP contribution in [-0.4, -0.2) is 48.7 Å². The topological polar surface area (TPSA) is 119 Å². The van der Waals surface area contributed by atoms with Crippen molar-refractivity contribution in [2.24, 2.45) is 0 Å². The van der Waals surface area contributed by atoms with Gasteiger partial charge in [0.05, 0.1) is 13.2 Å². The van der Waals surface area contributed by atoms with Gasteiger partial charge in [0.15, 0.2) is 0 Å². The van der Waals surface area contributed by atoms with Crippen LogP contribution < -0.4 is 21.7 Å². The summed E-state index contributed by atoms with van der Waals surface area (Å²) in [6.45, 7) is 1.38. The summed E-state index contributed by atoms with van der Waals surface area (Å²) in [5.41, 5.74) is 11.2. The van der Waals surface area contributed by atoms with E-state index in [1.54, 1.807) is 13.1 Å². The molecule has 1 amide bonds. The number of carbonyl (C=O) groups excluding carboxylic acids is 1. The molecule has 0 aliphatic carbocycles. The second-order valence-corrected chi connectivity index (χ2v) is 3.91. The Balaban J connectivity index is 2.30. The van der Waals surface area contributed by atoms with E-state index in [-0.39, 0.29) is 17.7 Å². The molecule has 1 aromatic rings. The SMILES string of the molecule is CNC(=O)C1COCCN1c1cc(N)nc(N)n1. The molecular formula is C10H16N6O2. The first kappa shape index (κ1) is 12.4. The van der Waals surface area contributed by atoms with Crippen LogP contribution in [0.4, 0.5) is 17.6 Å². The van der Waals surface area contributed by atoms with Gasteiger partial charge in [-0.3, -0.25) is 4.79 Å². The van der Waals surface area contributed by atoms with E-state index in [1.807, 2.05) is 4.90 Å². The molecule has 8 heteroatoms. The van der Waals surface area contributed by atoms with Crippen molar-refractivity contribution >= 4 is 23.5 Å². The molecule has 1 aliphatic rings. The molecule has 0 radical (unpaired) electrons. The zero-order valence-electron chi connectivity index (χ0n) is 10.1. The lowest BCUT2D eigenvalue weighted by Gasteiger charge is -2.35. The third-order valence-corrected chi connectivity index (χ3v) is 2.72. The fourth-order valence-corrected chi connectivity index (χ4v) is 1.88. The molecule has 1 atom stereocenters. The summed E-state index contributed by atoms with van der Waals surface area (Å²) in [5.74, 6) is 0.772. The molecule has 1 aliphatic heterocycles. The number of hydrogen-bond donors (Lipinski definition) is 3.